The van der Waals surface area contributed by atoms with Crippen molar-refractivity contribution in [2.24, 2.45) is 0 Å². The highest BCUT2D eigenvalue weighted by molar-refractivity contribution is 8.19. The Hall–Kier alpha value is -1.46. The lowest BCUT2D eigenvalue weighted by atomic mass is 10.1. The maximum atomic E-state index is 13.3. The molecule has 0 bridgehead atoms. The van der Waals surface area contributed by atoms with Gasteiger partial charge in [-0.2, -0.15) is 0 Å². The van der Waals surface area contributed by atoms with Gasteiger partial charge in [-0.15, -0.1) is 23.5 Å². The number of nitrogens with one attached hydrogen (secondary N) is 1. The monoisotopic (exact) mass is 333 g/mol. The van der Waals surface area contributed by atoms with Crippen molar-refractivity contribution in [2.75, 3.05) is 16.8 Å². The average molecular weight is 333 g/mol. The van der Waals surface area contributed by atoms with Gasteiger partial charge in [-0.05, 0) is 42.3 Å². The van der Waals surface area contributed by atoms with Crippen LogP contribution in [0.2, 0.25) is 0 Å². The second-order valence-electron chi connectivity index (χ2n) is 5.11. The van der Waals surface area contributed by atoms with Crippen molar-refractivity contribution >= 4 is 35.1 Å². The van der Waals surface area contributed by atoms with E-state index >= 15 is 0 Å². The van der Waals surface area contributed by atoms with Crippen molar-refractivity contribution < 1.29 is 9.18 Å². The highest BCUT2D eigenvalue weighted by Crippen LogP contribution is 2.45. The van der Waals surface area contributed by atoms with Crippen molar-refractivity contribution in [1.82, 2.24) is 0 Å². The maximum Gasteiger partial charge on any atom is 0.256 e. The molecule has 2 aromatic rings. The molecule has 1 aliphatic heterocycles. The number of rotatable bonds is 3. The number of amides is 1. The van der Waals surface area contributed by atoms with Crippen molar-refractivity contribution in [3.8, 4) is 0 Å². The highest BCUT2D eigenvalue weighted by Gasteiger charge is 2.18. The van der Waals surface area contributed by atoms with Gasteiger partial charge in [0.2, 0.25) is 0 Å². The van der Waals surface area contributed by atoms with Crippen LogP contribution in [0, 0.1) is 12.7 Å². The quantitative estimate of drug-likeness (QED) is 0.869. The molecule has 114 valence electrons. The van der Waals surface area contributed by atoms with Gasteiger partial charge in [-0.25, -0.2) is 4.39 Å². The third kappa shape index (κ3) is 3.47. The number of aryl methyl sites for hydroxylation is 1. The first kappa shape index (κ1) is 15.4. The normalized spacial score (nSPS) is 15.0. The maximum absolute atomic E-state index is 13.3. The third-order valence-electron chi connectivity index (χ3n) is 3.48. The van der Waals surface area contributed by atoms with Crippen LogP contribution in [-0.2, 0) is 0 Å². The molecule has 1 amide bonds. The predicted octanol–water partition coefficient (Wildman–Crippen LogP) is 4.87. The molecule has 5 heteroatoms. The van der Waals surface area contributed by atoms with E-state index in [0.717, 1.165) is 22.8 Å². The van der Waals surface area contributed by atoms with Crippen LogP contribution in [0.5, 0.6) is 0 Å². The van der Waals surface area contributed by atoms with E-state index in [1.807, 2.05) is 41.7 Å². The Morgan fingerprint density at radius 1 is 1.18 bits per heavy atom. The Morgan fingerprint density at radius 3 is 2.73 bits per heavy atom. The first-order valence-corrected chi connectivity index (χ1v) is 9.14. The first-order valence-electron chi connectivity index (χ1n) is 7.04. The smallest absolute Gasteiger partial charge is 0.256 e. The van der Waals surface area contributed by atoms with Crippen LogP contribution >= 0.6 is 23.5 Å². The number of benzene rings is 2. The van der Waals surface area contributed by atoms with Crippen LogP contribution in [0.25, 0.3) is 0 Å². The number of halogens is 1. The van der Waals surface area contributed by atoms with Gasteiger partial charge in [0.25, 0.3) is 5.91 Å². The molecule has 0 aromatic heterocycles. The summed E-state index contributed by atoms with van der Waals surface area (Å²) in [5.74, 6) is 1.65. The number of hydrogen-bond acceptors (Lipinski definition) is 3. The molecule has 3 rings (SSSR count). The van der Waals surface area contributed by atoms with Crippen LogP contribution in [0.1, 0.15) is 26.1 Å². The number of carbonyl (C=O) groups excluding carboxylic acids is 1. The van der Waals surface area contributed by atoms with E-state index in [9.17, 15) is 9.18 Å². The fraction of sp³-hybridized carbons (Fsp3) is 0.235. The van der Waals surface area contributed by atoms with Crippen LogP contribution < -0.4 is 5.32 Å². The zero-order chi connectivity index (χ0) is 15.5. The molecule has 0 spiro atoms. The molecule has 0 saturated carbocycles. The molecule has 1 fully saturated rings. The Kier molecular flexibility index (Phi) is 4.74. The van der Waals surface area contributed by atoms with Gasteiger partial charge in [0.15, 0.2) is 0 Å². The molecule has 0 atom stereocenters. The molecule has 1 saturated heterocycles. The van der Waals surface area contributed by atoms with Crippen LogP contribution in [0.3, 0.4) is 0 Å². The second kappa shape index (κ2) is 6.75. The van der Waals surface area contributed by atoms with E-state index in [-0.39, 0.29) is 5.91 Å². The number of carbonyl (C=O) groups is 1. The summed E-state index contributed by atoms with van der Waals surface area (Å²) in [5, 5.41) is 2.87. The Balaban J connectivity index is 1.79. The molecule has 0 unspecified atom stereocenters. The first-order chi connectivity index (χ1) is 10.6. The second-order valence-corrected chi connectivity index (χ2v) is 7.84. The van der Waals surface area contributed by atoms with Gasteiger partial charge in [-0.1, -0.05) is 18.2 Å². The van der Waals surface area contributed by atoms with E-state index in [2.05, 4.69) is 11.4 Å². The summed E-state index contributed by atoms with van der Waals surface area (Å²) in [6.45, 7) is 1.80. The van der Waals surface area contributed by atoms with E-state index in [0.29, 0.717) is 10.1 Å². The van der Waals surface area contributed by atoms with Gasteiger partial charge in [0.05, 0.1) is 4.58 Å². The number of anilines is 1. The van der Waals surface area contributed by atoms with E-state index in [4.69, 9.17) is 0 Å². The molecular formula is C17H16FNOS2. The van der Waals surface area contributed by atoms with Gasteiger partial charge >= 0.3 is 0 Å². The van der Waals surface area contributed by atoms with E-state index < -0.39 is 5.82 Å². The third-order valence-corrected chi connectivity index (χ3v) is 6.59. The Labute approximate surface area is 137 Å². The predicted molar refractivity (Wildman–Crippen MR) is 93.2 cm³/mol. The largest absolute Gasteiger partial charge is 0.322 e. The minimum atomic E-state index is -0.400. The molecule has 1 heterocycles. The number of hydrogen-bond donors (Lipinski definition) is 1. The molecule has 0 aliphatic carbocycles. The van der Waals surface area contributed by atoms with Crippen LogP contribution in [0.4, 0.5) is 10.1 Å². The molecule has 0 radical (unpaired) electrons. The lowest BCUT2D eigenvalue weighted by Crippen LogP contribution is -2.13. The molecule has 1 N–H and O–H groups in total. The van der Waals surface area contributed by atoms with Crippen LogP contribution in [-0.4, -0.2) is 17.4 Å². The molecule has 22 heavy (non-hydrogen) atoms. The fourth-order valence-corrected chi connectivity index (χ4v) is 5.19. The zero-order valence-electron chi connectivity index (χ0n) is 12.1. The summed E-state index contributed by atoms with van der Waals surface area (Å²) in [7, 11) is 0. The van der Waals surface area contributed by atoms with Gasteiger partial charge in [0, 0.05) is 22.8 Å². The molecule has 2 aromatic carbocycles. The average Bonchev–Trinajstić information content (AvgIpc) is 3.04. The molecular weight excluding hydrogens is 317 g/mol. The lowest BCUT2D eigenvalue weighted by molar-refractivity contribution is 0.102. The molecule has 1 aliphatic rings. The summed E-state index contributed by atoms with van der Waals surface area (Å²) in [4.78, 5) is 12.3. The van der Waals surface area contributed by atoms with Crippen LogP contribution in [0.15, 0.2) is 42.5 Å². The van der Waals surface area contributed by atoms with Crippen molar-refractivity contribution in [1.29, 1.82) is 0 Å². The van der Waals surface area contributed by atoms with E-state index in [1.54, 1.807) is 13.0 Å². The van der Waals surface area contributed by atoms with Crippen molar-refractivity contribution in [3.63, 3.8) is 0 Å². The van der Waals surface area contributed by atoms with Crippen molar-refractivity contribution in [2.45, 2.75) is 11.5 Å². The molecule has 2 nitrogen and oxygen atoms in total. The summed E-state index contributed by atoms with van der Waals surface area (Å²) in [6.07, 6.45) is 0. The van der Waals surface area contributed by atoms with Crippen molar-refractivity contribution in [3.05, 3.63) is 65.0 Å². The topological polar surface area (TPSA) is 29.1 Å². The summed E-state index contributed by atoms with van der Waals surface area (Å²) < 4.78 is 13.8. The highest BCUT2D eigenvalue weighted by atomic mass is 32.2. The number of thioether (sulfide) groups is 2. The Morgan fingerprint density at radius 2 is 1.95 bits per heavy atom. The van der Waals surface area contributed by atoms with E-state index in [1.165, 1.54) is 17.7 Å². The van der Waals surface area contributed by atoms with Gasteiger partial charge < -0.3 is 5.32 Å². The minimum absolute atomic E-state index is 0.277. The fourth-order valence-electron chi connectivity index (χ4n) is 2.35. The Bertz CT molecular complexity index is 699. The van der Waals surface area contributed by atoms with Gasteiger partial charge in [-0.3, -0.25) is 4.79 Å². The standard InChI is InChI=1S/C17H16FNOS2/c1-11-5-6-13(18)10-15(11)16(20)19-14-4-2-3-12(9-14)17-21-7-8-22-17/h2-6,9-10,17H,7-8H2,1H3,(H,19,20). The minimum Gasteiger partial charge on any atom is -0.322 e. The summed E-state index contributed by atoms with van der Waals surface area (Å²) in [6, 6.07) is 12.1. The van der Waals surface area contributed by atoms with Gasteiger partial charge in [0.1, 0.15) is 5.82 Å². The summed E-state index contributed by atoms with van der Waals surface area (Å²) >= 11 is 3.85. The lowest BCUT2D eigenvalue weighted by Gasteiger charge is -2.12. The summed E-state index contributed by atoms with van der Waals surface area (Å²) in [5.41, 5.74) is 3.09. The SMILES string of the molecule is Cc1ccc(F)cc1C(=O)Nc1cccc(C2SCCS2)c1. The zero-order valence-corrected chi connectivity index (χ0v) is 13.8.